The lowest BCUT2D eigenvalue weighted by molar-refractivity contribution is 0.00578. The Morgan fingerprint density at radius 1 is 1.11 bits per heavy atom. The summed E-state index contributed by atoms with van der Waals surface area (Å²) in [6, 6.07) is 0. The quantitative estimate of drug-likeness (QED) is 0.735. The normalized spacial score (nSPS) is 21.1. The lowest BCUT2D eigenvalue weighted by Gasteiger charge is -2.32. The van der Waals surface area contributed by atoms with Crippen LogP contribution in [-0.4, -0.2) is 35.4 Å². The predicted octanol–water partition coefficient (Wildman–Crippen LogP) is 1.09. The molecule has 98 valence electrons. The first kappa shape index (κ1) is 13.3. The predicted molar refractivity (Wildman–Crippen MR) is 69.0 cm³/mol. The van der Waals surface area contributed by atoms with Crippen LogP contribution in [0.15, 0.2) is 6.33 Å². The minimum atomic E-state index is -0.494. The van der Waals surface area contributed by atoms with Crippen LogP contribution in [0.2, 0.25) is 0 Å². The fourth-order valence-electron chi connectivity index (χ4n) is 1.86. The first-order chi connectivity index (χ1) is 8.28. The zero-order valence-electron chi connectivity index (χ0n) is 11.8. The van der Waals surface area contributed by atoms with Gasteiger partial charge in [-0.25, -0.2) is 9.97 Å². The van der Waals surface area contributed by atoms with Gasteiger partial charge in [0.05, 0.1) is 23.8 Å². The van der Waals surface area contributed by atoms with Gasteiger partial charge in [0.1, 0.15) is 6.33 Å². The third kappa shape index (κ3) is 1.99. The summed E-state index contributed by atoms with van der Waals surface area (Å²) in [7, 11) is 1.09. The van der Waals surface area contributed by atoms with Gasteiger partial charge < -0.3 is 14.0 Å². The third-order valence-corrected chi connectivity index (χ3v) is 3.73. The largest absolute Gasteiger partial charge is 0.502 e. The van der Waals surface area contributed by atoms with Gasteiger partial charge in [-0.3, -0.25) is 0 Å². The summed E-state index contributed by atoms with van der Waals surface area (Å²) in [5, 5.41) is 0. The molecule has 0 aromatic carbocycles. The second-order valence-corrected chi connectivity index (χ2v) is 5.47. The molecule has 1 fully saturated rings. The highest BCUT2D eigenvalue weighted by Crippen LogP contribution is 2.37. The van der Waals surface area contributed by atoms with Crippen LogP contribution in [0, 0.1) is 6.92 Å². The summed E-state index contributed by atoms with van der Waals surface area (Å²) in [5.74, 6) is 0.501. The van der Waals surface area contributed by atoms with Gasteiger partial charge in [0.15, 0.2) is 0 Å². The minimum absolute atomic E-state index is 0.384. The summed E-state index contributed by atoms with van der Waals surface area (Å²) in [5.41, 5.74) is 0.801. The highest BCUT2D eigenvalue weighted by atomic mass is 16.7. The third-order valence-electron chi connectivity index (χ3n) is 3.73. The van der Waals surface area contributed by atoms with Gasteiger partial charge in [-0.1, -0.05) is 0 Å². The molecule has 0 unspecified atom stereocenters. The van der Waals surface area contributed by atoms with Crippen molar-refractivity contribution in [3.05, 3.63) is 12.0 Å². The minimum Gasteiger partial charge on any atom is -0.481 e. The maximum atomic E-state index is 5.99. The molecule has 1 aliphatic heterocycles. The molecule has 2 heterocycles. The van der Waals surface area contributed by atoms with Crippen molar-refractivity contribution >= 4 is 12.6 Å². The number of rotatable bonds is 2. The van der Waals surface area contributed by atoms with Gasteiger partial charge in [-0.15, -0.1) is 0 Å². The molecule has 0 bridgehead atoms. The molecule has 0 radical (unpaired) electrons. The van der Waals surface area contributed by atoms with E-state index in [1.807, 2.05) is 34.6 Å². The van der Waals surface area contributed by atoms with Gasteiger partial charge in [-0.05, 0) is 34.6 Å². The van der Waals surface area contributed by atoms with Crippen LogP contribution in [0.25, 0.3) is 0 Å². The molecule has 0 N–H and O–H groups in total. The average molecular weight is 250 g/mol. The molecule has 5 nitrogen and oxygen atoms in total. The van der Waals surface area contributed by atoms with Gasteiger partial charge in [0.2, 0.25) is 5.88 Å². The van der Waals surface area contributed by atoms with E-state index < -0.39 is 7.12 Å². The summed E-state index contributed by atoms with van der Waals surface area (Å²) in [6.07, 6.45) is 1.48. The molecule has 1 aliphatic rings. The Hall–Kier alpha value is -1.14. The van der Waals surface area contributed by atoms with Crippen LogP contribution in [0.3, 0.4) is 0 Å². The van der Waals surface area contributed by atoms with Crippen molar-refractivity contribution in [1.29, 1.82) is 0 Å². The van der Waals surface area contributed by atoms with Crippen LogP contribution >= 0.6 is 0 Å². The van der Waals surface area contributed by atoms with Gasteiger partial charge in [0, 0.05) is 5.69 Å². The fraction of sp³-hybridized carbons (Fsp3) is 0.667. The summed E-state index contributed by atoms with van der Waals surface area (Å²) < 4.78 is 17.2. The molecule has 18 heavy (non-hydrogen) atoms. The van der Waals surface area contributed by atoms with E-state index in [1.54, 1.807) is 7.11 Å². The highest BCUT2D eigenvalue weighted by Gasteiger charge is 2.53. The second-order valence-electron chi connectivity index (χ2n) is 5.47. The van der Waals surface area contributed by atoms with E-state index in [2.05, 4.69) is 9.97 Å². The number of ether oxygens (including phenoxy) is 1. The summed E-state index contributed by atoms with van der Waals surface area (Å²) in [4.78, 5) is 8.28. The monoisotopic (exact) mass is 250 g/mol. The van der Waals surface area contributed by atoms with E-state index in [-0.39, 0.29) is 11.2 Å². The van der Waals surface area contributed by atoms with Gasteiger partial charge in [0.25, 0.3) is 0 Å². The van der Waals surface area contributed by atoms with Crippen molar-refractivity contribution in [3.63, 3.8) is 0 Å². The maximum Gasteiger partial charge on any atom is 0.502 e. The van der Waals surface area contributed by atoms with Crippen molar-refractivity contribution in [2.75, 3.05) is 7.11 Å². The Bertz CT molecular complexity index is 447. The topological polar surface area (TPSA) is 53.5 Å². The molecule has 1 aromatic rings. The highest BCUT2D eigenvalue weighted by molar-refractivity contribution is 6.63. The van der Waals surface area contributed by atoms with Crippen molar-refractivity contribution in [2.45, 2.75) is 45.8 Å². The number of hydrogen-bond acceptors (Lipinski definition) is 5. The zero-order chi connectivity index (χ0) is 13.6. The number of aromatic nitrogens is 2. The van der Waals surface area contributed by atoms with Crippen LogP contribution < -0.4 is 10.2 Å². The number of aryl methyl sites for hydroxylation is 1. The maximum absolute atomic E-state index is 5.99. The standard InChI is InChI=1S/C12H19BN2O3/c1-8-9(10(16-6)15-7-14-8)13-17-11(2,3)12(4,5)18-13/h7H,1-6H3. The van der Waals surface area contributed by atoms with E-state index in [0.717, 1.165) is 11.2 Å². The average Bonchev–Trinajstić information content (AvgIpc) is 2.47. The van der Waals surface area contributed by atoms with Crippen molar-refractivity contribution in [3.8, 4) is 5.88 Å². The van der Waals surface area contributed by atoms with Crippen LogP contribution in [0.5, 0.6) is 5.88 Å². The van der Waals surface area contributed by atoms with Crippen LogP contribution in [-0.2, 0) is 9.31 Å². The first-order valence-corrected chi connectivity index (χ1v) is 5.99. The van der Waals surface area contributed by atoms with E-state index in [4.69, 9.17) is 14.0 Å². The Labute approximate surface area is 108 Å². The first-order valence-electron chi connectivity index (χ1n) is 5.99. The van der Waals surface area contributed by atoms with Crippen molar-refractivity contribution in [1.82, 2.24) is 9.97 Å². The zero-order valence-corrected chi connectivity index (χ0v) is 11.8. The summed E-state index contributed by atoms with van der Waals surface area (Å²) in [6.45, 7) is 9.94. The molecule has 0 atom stereocenters. The molecular formula is C12H19BN2O3. The Morgan fingerprint density at radius 2 is 1.67 bits per heavy atom. The summed E-state index contributed by atoms with van der Waals surface area (Å²) >= 11 is 0. The number of hydrogen-bond donors (Lipinski definition) is 0. The fourth-order valence-corrected chi connectivity index (χ4v) is 1.86. The lowest BCUT2D eigenvalue weighted by atomic mass is 9.78. The van der Waals surface area contributed by atoms with Crippen LogP contribution in [0.1, 0.15) is 33.4 Å². The molecule has 0 amide bonds. The Balaban J connectivity index is 2.41. The van der Waals surface area contributed by atoms with E-state index in [9.17, 15) is 0 Å². The molecule has 0 spiro atoms. The molecule has 0 saturated carbocycles. The molecular weight excluding hydrogens is 231 g/mol. The van der Waals surface area contributed by atoms with E-state index in [0.29, 0.717) is 5.88 Å². The smallest absolute Gasteiger partial charge is 0.481 e. The van der Waals surface area contributed by atoms with E-state index >= 15 is 0 Å². The number of methoxy groups -OCH3 is 1. The van der Waals surface area contributed by atoms with Crippen molar-refractivity contribution in [2.24, 2.45) is 0 Å². The van der Waals surface area contributed by atoms with E-state index in [1.165, 1.54) is 6.33 Å². The Kier molecular flexibility index (Phi) is 3.11. The molecule has 1 saturated heterocycles. The number of nitrogens with zero attached hydrogens (tertiary/aromatic N) is 2. The van der Waals surface area contributed by atoms with Gasteiger partial charge >= 0.3 is 7.12 Å². The molecule has 6 heteroatoms. The Morgan fingerprint density at radius 3 is 2.17 bits per heavy atom. The second kappa shape index (κ2) is 4.21. The lowest BCUT2D eigenvalue weighted by Crippen LogP contribution is -2.41. The SMILES string of the molecule is COc1ncnc(C)c1B1OC(C)(C)C(C)(C)O1. The van der Waals surface area contributed by atoms with Gasteiger partial charge in [-0.2, -0.15) is 0 Å². The van der Waals surface area contributed by atoms with Crippen molar-refractivity contribution < 1.29 is 14.0 Å². The molecule has 1 aromatic heterocycles. The molecule has 2 rings (SSSR count). The van der Waals surface area contributed by atoms with Crippen LogP contribution in [0.4, 0.5) is 0 Å². The molecule has 0 aliphatic carbocycles.